The summed E-state index contributed by atoms with van der Waals surface area (Å²) < 4.78 is 5.72. The Morgan fingerprint density at radius 3 is 2.45 bits per heavy atom. The van der Waals surface area contributed by atoms with Gasteiger partial charge in [-0.05, 0) is 35.7 Å². The van der Waals surface area contributed by atoms with Gasteiger partial charge in [0.1, 0.15) is 23.3 Å². The van der Waals surface area contributed by atoms with E-state index in [1.807, 2.05) is 49.4 Å². The van der Waals surface area contributed by atoms with Crippen molar-refractivity contribution in [3.8, 4) is 5.75 Å². The molecule has 0 aliphatic heterocycles. The number of halogens is 2. The fourth-order valence-corrected chi connectivity index (χ4v) is 2.18. The molecule has 0 saturated carbocycles. The minimum atomic E-state index is -0.918. The Hall–Kier alpha value is -1.22. The Bertz CT molecular complexity index is 556. The van der Waals surface area contributed by atoms with Gasteiger partial charge in [-0.15, -0.1) is 23.2 Å². The zero-order chi connectivity index (χ0) is 14.5. The van der Waals surface area contributed by atoms with Crippen LogP contribution in [0.4, 0.5) is 0 Å². The third-order valence-corrected chi connectivity index (χ3v) is 3.53. The monoisotopic (exact) mass is 310 g/mol. The largest absolute Gasteiger partial charge is 0.489 e. The van der Waals surface area contributed by atoms with Gasteiger partial charge in [0.05, 0.1) is 0 Å². The topological polar surface area (TPSA) is 29.5 Å². The van der Waals surface area contributed by atoms with Crippen molar-refractivity contribution in [2.75, 3.05) is 0 Å². The first-order valence-corrected chi connectivity index (χ1v) is 7.18. The van der Waals surface area contributed by atoms with Gasteiger partial charge in [0.2, 0.25) is 0 Å². The van der Waals surface area contributed by atoms with Crippen molar-refractivity contribution < 1.29 is 9.84 Å². The van der Waals surface area contributed by atoms with Crippen LogP contribution in [0.15, 0.2) is 48.5 Å². The highest BCUT2D eigenvalue weighted by Gasteiger charge is 2.18. The van der Waals surface area contributed by atoms with Crippen LogP contribution in [-0.4, -0.2) is 9.94 Å². The van der Waals surface area contributed by atoms with Gasteiger partial charge in [0.15, 0.2) is 0 Å². The first-order valence-electron chi connectivity index (χ1n) is 6.31. The zero-order valence-electron chi connectivity index (χ0n) is 11.1. The molecule has 0 amide bonds. The summed E-state index contributed by atoms with van der Waals surface area (Å²) >= 11 is 11.5. The van der Waals surface area contributed by atoms with Gasteiger partial charge in [0.25, 0.3) is 0 Å². The van der Waals surface area contributed by atoms with Gasteiger partial charge in [0, 0.05) is 0 Å². The van der Waals surface area contributed by atoms with Crippen molar-refractivity contribution in [1.29, 1.82) is 0 Å². The molecule has 0 fully saturated rings. The Balaban J connectivity index is 2.11. The van der Waals surface area contributed by atoms with Crippen molar-refractivity contribution in [3.05, 3.63) is 65.2 Å². The molecule has 1 unspecified atom stereocenters. The summed E-state index contributed by atoms with van der Waals surface area (Å²) in [5.41, 5.74) is 2.70. The highest BCUT2D eigenvalue weighted by Crippen LogP contribution is 2.29. The Morgan fingerprint density at radius 2 is 1.80 bits per heavy atom. The van der Waals surface area contributed by atoms with Crippen LogP contribution in [0.5, 0.6) is 5.75 Å². The molecular weight excluding hydrogens is 295 g/mol. The Morgan fingerprint density at radius 1 is 1.10 bits per heavy atom. The highest BCUT2D eigenvalue weighted by atomic mass is 35.5. The normalized spacial score (nSPS) is 12.4. The molecule has 20 heavy (non-hydrogen) atoms. The number of aliphatic hydroxyl groups excluding tert-OH is 1. The fraction of sp³-hybridized carbons (Fsp3) is 0.250. The first kappa shape index (κ1) is 15.2. The summed E-state index contributed by atoms with van der Waals surface area (Å²) in [6.07, 6.45) is -0.918. The molecule has 0 saturated heterocycles. The molecule has 0 bridgehead atoms. The van der Waals surface area contributed by atoms with Crippen LogP contribution in [0.1, 0.15) is 22.8 Å². The predicted octanol–water partition coefficient (Wildman–Crippen LogP) is 4.41. The van der Waals surface area contributed by atoms with E-state index in [-0.39, 0.29) is 0 Å². The van der Waals surface area contributed by atoms with Crippen LogP contribution in [-0.2, 0) is 6.61 Å². The minimum Gasteiger partial charge on any atom is -0.489 e. The number of aryl methyl sites for hydroxylation is 1. The summed E-state index contributed by atoms with van der Waals surface area (Å²) in [5, 5.41) is 9.97. The van der Waals surface area contributed by atoms with E-state index >= 15 is 0 Å². The lowest BCUT2D eigenvalue weighted by Crippen LogP contribution is -2.08. The molecule has 106 valence electrons. The number of hydrogen-bond donors (Lipinski definition) is 1. The smallest absolute Gasteiger partial charge is 0.137 e. The second-order valence-corrected chi connectivity index (χ2v) is 5.74. The van der Waals surface area contributed by atoms with E-state index in [0.29, 0.717) is 17.9 Å². The summed E-state index contributed by atoms with van der Waals surface area (Å²) in [7, 11) is 0. The predicted molar refractivity (Wildman–Crippen MR) is 82.4 cm³/mol. The molecule has 0 spiro atoms. The molecule has 0 heterocycles. The third kappa shape index (κ3) is 3.89. The van der Waals surface area contributed by atoms with E-state index in [1.165, 1.54) is 0 Å². The van der Waals surface area contributed by atoms with Crippen LogP contribution in [0.3, 0.4) is 0 Å². The number of alkyl halides is 2. The maximum Gasteiger partial charge on any atom is 0.137 e. The molecule has 2 nitrogen and oxygen atoms in total. The van der Waals surface area contributed by atoms with Crippen LogP contribution in [0, 0.1) is 6.92 Å². The number of aliphatic hydroxyl groups is 1. The van der Waals surface area contributed by atoms with Gasteiger partial charge in [-0.25, -0.2) is 0 Å². The molecule has 4 heteroatoms. The van der Waals surface area contributed by atoms with Crippen LogP contribution >= 0.6 is 23.2 Å². The van der Waals surface area contributed by atoms with E-state index in [9.17, 15) is 5.11 Å². The van der Waals surface area contributed by atoms with Gasteiger partial charge in [-0.1, -0.05) is 36.4 Å². The average Bonchev–Trinajstić information content (AvgIpc) is 2.46. The lowest BCUT2D eigenvalue weighted by atomic mass is 10.0. The molecule has 0 aliphatic rings. The maximum atomic E-state index is 9.97. The average molecular weight is 311 g/mol. The summed E-state index contributed by atoms with van der Waals surface area (Å²) in [6, 6.07) is 15.4. The van der Waals surface area contributed by atoms with Crippen molar-refractivity contribution in [3.63, 3.8) is 0 Å². The molecule has 1 N–H and O–H groups in total. The number of rotatable bonds is 5. The Kier molecular flexibility index (Phi) is 5.30. The second-order valence-electron chi connectivity index (χ2n) is 4.57. The molecule has 1 atom stereocenters. The number of benzene rings is 2. The summed E-state index contributed by atoms with van der Waals surface area (Å²) in [6.45, 7) is 2.38. The first-order chi connectivity index (χ1) is 9.58. The molecular formula is C16H16Cl2O2. The second kappa shape index (κ2) is 6.98. The van der Waals surface area contributed by atoms with Gasteiger partial charge in [-0.2, -0.15) is 0 Å². The summed E-state index contributed by atoms with van der Waals surface area (Å²) in [5.74, 6) is 0.683. The van der Waals surface area contributed by atoms with Crippen molar-refractivity contribution in [2.45, 2.75) is 24.5 Å². The molecule has 0 aliphatic carbocycles. The third-order valence-electron chi connectivity index (χ3n) is 3.06. The van der Waals surface area contributed by atoms with E-state index in [0.717, 1.165) is 11.1 Å². The standard InChI is InChI=1S/C16H16Cl2O2/c1-11-7-8-13(9-14(11)15(19)16(17)18)20-10-12-5-3-2-4-6-12/h2-9,15-16,19H,10H2,1H3. The minimum absolute atomic E-state index is 0.477. The molecule has 0 radical (unpaired) electrons. The van der Waals surface area contributed by atoms with Gasteiger partial charge < -0.3 is 9.84 Å². The number of hydrogen-bond acceptors (Lipinski definition) is 2. The van der Waals surface area contributed by atoms with E-state index < -0.39 is 10.9 Å². The van der Waals surface area contributed by atoms with E-state index in [1.54, 1.807) is 6.07 Å². The number of ether oxygens (including phenoxy) is 1. The highest BCUT2D eigenvalue weighted by molar-refractivity contribution is 6.44. The molecule has 2 aromatic rings. The van der Waals surface area contributed by atoms with Gasteiger partial charge >= 0.3 is 0 Å². The molecule has 0 aromatic heterocycles. The lowest BCUT2D eigenvalue weighted by Gasteiger charge is -2.16. The van der Waals surface area contributed by atoms with Crippen molar-refractivity contribution in [2.24, 2.45) is 0 Å². The molecule has 2 aromatic carbocycles. The maximum absolute atomic E-state index is 9.97. The van der Waals surface area contributed by atoms with Crippen LogP contribution < -0.4 is 4.74 Å². The van der Waals surface area contributed by atoms with Crippen molar-refractivity contribution in [1.82, 2.24) is 0 Å². The summed E-state index contributed by atoms with van der Waals surface area (Å²) in [4.78, 5) is -0.863. The van der Waals surface area contributed by atoms with Gasteiger partial charge in [-0.3, -0.25) is 0 Å². The molecule has 2 rings (SSSR count). The van der Waals surface area contributed by atoms with E-state index in [4.69, 9.17) is 27.9 Å². The quantitative estimate of drug-likeness (QED) is 0.829. The zero-order valence-corrected chi connectivity index (χ0v) is 12.6. The van der Waals surface area contributed by atoms with Crippen molar-refractivity contribution >= 4 is 23.2 Å². The lowest BCUT2D eigenvalue weighted by molar-refractivity contribution is 0.191. The fourth-order valence-electron chi connectivity index (χ4n) is 1.90. The SMILES string of the molecule is Cc1ccc(OCc2ccccc2)cc1C(O)C(Cl)Cl. The Labute approximate surface area is 128 Å². The van der Waals surface area contributed by atoms with E-state index in [2.05, 4.69) is 0 Å². The van der Waals surface area contributed by atoms with Crippen LogP contribution in [0.2, 0.25) is 0 Å². The van der Waals surface area contributed by atoms with Crippen LogP contribution in [0.25, 0.3) is 0 Å².